The number of imidazole rings is 1. The molecule has 0 aliphatic carbocycles. The lowest BCUT2D eigenvalue weighted by Gasteiger charge is -2.47. The number of hydrogen-bond acceptors (Lipinski definition) is 4. The summed E-state index contributed by atoms with van der Waals surface area (Å²) in [6.45, 7) is 4.22. The minimum absolute atomic E-state index is 0.101. The smallest absolute Gasteiger partial charge is 0.129 e. The van der Waals surface area contributed by atoms with Crippen LogP contribution in [0.1, 0.15) is 18.7 Å². The normalized spacial score (nSPS) is 21.6. The first-order chi connectivity index (χ1) is 10.2. The molecule has 0 aromatic carbocycles. The van der Waals surface area contributed by atoms with Gasteiger partial charge in [-0.25, -0.2) is 4.98 Å². The fraction of sp³-hybridized carbons (Fsp3) is 0.600. The Balaban J connectivity index is 1.82. The van der Waals surface area contributed by atoms with Crippen LogP contribution in [-0.4, -0.2) is 50.9 Å². The highest BCUT2D eigenvalue weighted by Crippen LogP contribution is 2.39. The van der Waals surface area contributed by atoms with Gasteiger partial charge in [0.05, 0.1) is 23.6 Å². The minimum atomic E-state index is 0.101. The zero-order valence-corrected chi connectivity index (χ0v) is 12.7. The average molecular weight is 286 g/mol. The highest BCUT2D eigenvalue weighted by molar-refractivity contribution is 5.57. The van der Waals surface area contributed by atoms with Gasteiger partial charge in [-0.2, -0.15) is 5.10 Å². The summed E-state index contributed by atoms with van der Waals surface area (Å²) in [4.78, 5) is 7.33. The molecule has 4 heterocycles. The Morgan fingerprint density at radius 3 is 2.67 bits per heavy atom. The number of likely N-dealkylation sites (N-methyl/N-ethyl adjacent to an activating group) is 1. The Kier molecular flexibility index (Phi) is 2.90. The van der Waals surface area contributed by atoms with Crippen LogP contribution in [0.2, 0.25) is 0 Å². The molecule has 0 bridgehead atoms. The van der Waals surface area contributed by atoms with E-state index in [1.807, 2.05) is 24.1 Å². The first kappa shape index (κ1) is 13.0. The Hall–Kier alpha value is -1.66. The second kappa shape index (κ2) is 4.68. The zero-order chi connectivity index (χ0) is 14.4. The van der Waals surface area contributed by atoms with Crippen LogP contribution >= 0.6 is 0 Å². The van der Waals surface area contributed by atoms with Gasteiger partial charge < -0.3 is 9.88 Å². The molecule has 0 saturated carbocycles. The van der Waals surface area contributed by atoms with Crippen molar-refractivity contribution in [3.8, 4) is 11.3 Å². The first-order valence-electron chi connectivity index (χ1n) is 7.68. The summed E-state index contributed by atoms with van der Waals surface area (Å²) in [5.74, 6) is 1.23. The predicted octanol–water partition coefficient (Wildman–Crippen LogP) is 0.808. The van der Waals surface area contributed by atoms with Crippen molar-refractivity contribution in [1.82, 2.24) is 29.5 Å². The summed E-state index contributed by atoms with van der Waals surface area (Å²) in [7, 11) is 4.20. The van der Waals surface area contributed by atoms with Crippen molar-refractivity contribution in [1.29, 1.82) is 0 Å². The third-order valence-corrected chi connectivity index (χ3v) is 5.09. The van der Waals surface area contributed by atoms with Crippen molar-refractivity contribution in [2.45, 2.75) is 24.9 Å². The van der Waals surface area contributed by atoms with Crippen molar-refractivity contribution in [2.75, 3.05) is 26.7 Å². The number of aromatic nitrogens is 4. The van der Waals surface area contributed by atoms with Crippen molar-refractivity contribution in [3.63, 3.8) is 0 Å². The molecule has 112 valence electrons. The van der Waals surface area contributed by atoms with E-state index in [1.165, 1.54) is 11.5 Å². The zero-order valence-electron chi connectivity index (χ0n) is 12.7. The lowest BCUT2D eigenvalue weighted by atomic mass is 9.84. The summed E-state index contributed by atoms with van der Waals surface area (Å²) in [6, 6.07) is 0. The van der Waals surface area contributed by atoms with E-state index >= 15 is 0 Å². The minimum Gasteiger partial charge on any atom is -0.325 e. The molecule has 1 saturated heterocycles. The quantitative estimate of drug-likeness (QED) is 0.843. The average Bonchev–Trinajstić information content (AvgIpc) is 3.11. The molecule has 6 heteroatoms. The third kappa shape index (κ3) is 1.86. The predicted molar refractivity (Wildman–Crippen MR) is 80.8 cm³/mol. The summed E-state index contributed by atoms with van der Waals surface area (Å²) >= 11 is 0. The summed E-state index contributed by atoms with van der Waals surface area (Å²) in [5, 5.41) is 7.77. The number of rotatable bonds is 1. The van der Waals surface area contributed by atoms with Crippen LogP contribution in [0.5, 0.6) is 0 Å². The Labute approximate surface area is 124 Å². The fourth-order valence-electron chi connectivity index (χ4n) is 3.84. The van der Waals surface area contributed by atoms with Gasteiger partial charge in [0.2, 0.25) is 0 Å². The summed E-state index contributed by atoms with van der Waals surface area (Å²) < 4.78 is 4.26. The van der Waals surface area contributed by atoms with Crippen molar-refractivity contribution >= 4 is 0 Å². The molecule has 4 rings (SSSR count). The van der Waals surface area contributed by atoms with Gasteiger partial charge in [0.15, 0.2) is 0 Å². The summed E-state index contributed by atoms with van der Waals surface area (Å²) in [6.07, 6.45) is 8.28. The number of fused-ring (bicyclic) bond motifs is 2. The van der Waals surface area contributed by atoms with Gasteiger partial charge in [-0.05, 0) is 33.0 Å². The van der Waals surface area contributed by atoms with Gasteiger partial charge in [-0.1, -0.05) is 0 Å². The largest absolute Gasteiger partial charge is 0.325 e. The molecular formula is C15H22N6. The highest BCUT2D eigenvalue weighted by atomic mass is 15.3. The van der Waals surface area contributed by atoms with Crippen molar-refractivity contribution < 1.29 is 0 Å². The number of nitrogens with one attached hydrogen (secondary N) is 1. The van der Waals surface area contributed by atoms with E-state index in [2.05, 4.69) is 33.1 Å². The van der Waals surface area contributed by atoms with Crippen LogP contribution in [0.3, 0.4) is 0 Å². The van der Waals surface area contributed by atoms with E-state index in [-0.39, 0.29) is 5.54 Å². The molecule has 0 amide bonds. The number of nitrogens with zero attached hydrogens (tertiary/aromatic N) is 5. The molecule has 0 radical (unpaired) electrons. The Bertz CT molecular complexity index is 649. The van der Waals surface area contributed by atoms with E-state index in [0.717, 1.165) is 44.6 Å². The fourth-order valence-corrected chi connectivity index (χ4v) is 3.84. The van der Waals surface area contributed by atoms with E-state index in [9.17, 15) is 0 Å². The van der Waals surface area contributed by atoms with E-state index in [0.29, 0.717) is 0 Å². The number of piperidine rings is 1. The topological polar surface area (TPSA) is 50.9 Å². The second-order valence-corrected chi connectivity index (χ2v) is 6.22. The lowest BCUT2D eigenvalue weighted by molar-refractivity contribution is 0.0440. The highest BCUT2D eigenvalue weighted by Gasteiger charge is 2.44. The van der Waals surface area contributed by atoms with Crippen LogP contribution < -0.4 is 5.32 Å². The van der Waals surface area contributed by atoms with Crippen LogP contribution in [0.4, 0.5) is 0 Å². The lowest BCUT2D eigenvalue weighted by Crippen LogP contribution is -2.55. The third-order valence-electron chi connectivity index (χ3n) is 5.09. The molecule has 21 heavy (non-hydrogen) atoms. The molecule has 1 spiro atoms. The van der Waals surface area contributed by atoms with Crippen LogP contribution in [0.15, 0.2) is 18.6 Å². The maximum Gasteiger partial charge on any atom is 0.129 e. The van der Waals surface area contributed by atoms with E-state index in [1.54, 1.807) is 0 Å². The van der Waals surface area contributed by atoms with Gasteiger partial charge in [0, 0.05) is 31.9 Å². The van der Waals surface area contributed by atoms with E-state index < -0.39 is 0 Å². The number of hydrogen-bond donors (Lipinski definition) is 1. The van der Waals surface area contributed by atoms with Gasteiger partial charge in [0.25, 0.3) is 0 Å². The Morgan fingerprint density at radius 1 is 1.14 bits per heavy atom. The number of aryl methyl sites for hydroxylation is 1. The molecule has 2 aliphatic rings. The molecule has 0 unspecified atom stereocenters. The second-order valence-electron chi connectivity index (χ2n) is 6.22. The molecule has 2 aromatic heterocycles. The van der Waals surface area contributed by atoms with Gasteiger partial charge in [-0.3, -0.25) is 9.58 Å². The van der Waals surface area contributed by atoms with Crippen LogP contribution in [-0.2, 0) is 19.1 Å². The molecule has 1 N–H and O–H groups in total. The van der Waals surface area contributed by atoms with Crippen LogP contribution in [0.25, 0.3) is 11.3 Å². The van der Waals surface area contributed by atoms with E-state index in [4.69, 9.17) is 4.98 Å². The molecule has 6 nitrogen and oxygen atoms in total. The Morgan fingerprint density at radius 2 is 1.95 bits per heavy atom. The van der Waals surface area contributed by atoms with Gasteiger partial charge >= 0.3 is 0 Å². The van der Waals surface area contributed by atoms with Crippen molar-refractivity contribution in [3.05, 3.63) is 24.4 Å². The molecule has 0 atom stereocenters. The van der Waals surface area contributed by atoms with Crippen LogP contribution in [0, 0.1) is 0 Å². The summed E-state index contributed by atoms with van der Waals surface area (Å²) in [5.41, 5.74) is 2.46. The first-order valence-corrected chi connectivity index (χ1v) is 7.68. The van der Waals surface area contributed by atoms with Crippen molar-refractivity contribution in [2.24, 2.45) is 7.05 Å². The van der Waals surface area contributed by atoms with Gasteiger partial charge in [-0.15, -0.1) is 0 Å². The SMILES string of the molecule is CN1CCn2c(-c3cnn(C)c3)cnc2C12CCNCC2. The molecular weight excluding hydrogens is 264 g/mol. The maximum atomic E-state index is 4.83. The maximum absolute atomic E-state index is 4.83. The monoisotopic (exact) mass is 286 g/mol. The standard InChI is InChI=1S/C15H22N6/c1-19-7-8-21-13(12-9-18-20(2)11-12)10-17-14(21)15(19)3-5-16-6-4-15/h9-11,16H,3-8H2,1-2H3. The van der Waals surface area contributed by atoms with Gasteiger partial charge in [0.1, 0.15) is 5.82 Å². The molecule has 2 aliphatic heterocycles. The molecule has 2 aromatic rings. The molecule has 1 fully saturated rings.